The topological polar surface area (TPSA) is 98.1 Å². The first-order chi connectivity index (χ1) is 19.9. The lowest BCUT2D eigenvalue weighted by molar-refractivity contribution is -0.0893. The molecule has 236 valence electrons. The third-order valence-electron chi connectivity index (χ3n) is 8.37. The minimum Gasteiger partial charge on any atom is -0.493 e. The van der Waals surface area contributed by atoms with Gasteiger partial charge in [0.05, 0.1) is 38.4 Å². The Kier molecular flexibility index (Phi) is 12.7. The van der Waals surface area contributed by atoms with E-state index in [4.69, 9.17) is 19.2 Å². The molecule has 1 aliphatic carbocycles. The van der Waals surface area contributed by atoms with E-state index >= 15 is 0 Å². The highest BCUT2D eigenvalue weighted by atomic mass is 35.5. The van der Waals surface area contributed by atoms with Crippen molar-refractivity contribution in [3.05, 3.63) is 66.1 Å². The van der Waals surface area contributed by atoms with Crippen molar-refractivity contribution in [2.45, 2.75) is 56.7 Å². The predicted octanol–water partition coefficient (Wildman–Crippen LogP) is 5.09. The first-order valence-electron chi connectivity index (χ1n) is 14.6. The molecular formula is C32H44Cl2N4O5. The van der Waals surface area contributed by atoms with Crippen LogP contribution in [-0.2, 0) is 4.74 Å². The molecule has 0 radical (unpaired) electrons. The average Bonchev–Trinajstić information content (AvgIpc) is 3.43. The largest absolute Gasteiger partial charge is 0.493 e. The van der Waals surface area contributed by atoms with E-state index in [1.54, 1.807) is 20.5 Å². The molecule has 2 heterocycles. The number of ether oxygens (including phenoxy) is 3. The van der Waals surface area contributed by atoms with E-state index in [0.717, 1.165) is 36.1 Å². The number of hydrogen-bond acceptors (Lipinski definition) is 7. The van der Waals surface area contributed by atoms with Crippen LogP contribution >= 0.6 is 24.8 Å². The summed E-state index contributed by atoms with van der Waals surface area (Å²) in [6.07, 6.45) is 5.77. The molecule has 0 unspecified atom stereocenters. The van der Waals surface area contributed by atoms with Crippen molar-refractivity contribution in [3.8, 4) is 22.8 Å². The summed E-state index contributed by atoms with van der Waals surface area (Å²) in [6, 6.07) is 15.5. The monoisotopic (exact) mass is 634 g/mol. The van der Waals surface area contributed by atoms with Gasteiger partial charge in [0, 0.05) is 44.8 Å². The van der Waals surface area contributed by atoms with E-state index in [9.17, 15) is 9.90 Å². The smallest absolute Gasteiger partial charge is 0.275 e. The normalized spacial score (nSPS) is 21.8. The number of nitrogens with zero attached hydrogens (tertiary/aromatic N) is 3. The molecule has 43 heavy (non-hydrogen) atoms. The molecule has 3 atom stereocenters. The van der Waals surface area contributed by atoms with Crippen molar-refractivity contribution < 1.29 is 24.1 Å². The SMILES string of the molecule is COC[C@]1(O)CCCC[C@H]1n1cnc(C(=O)N2CCNC[C@H]2CCOc2ccc(C)cc2OC)c1-c1ccccc1.Cl.Cl. The second-order valence-corrected chi connectivity index (χ2v) is 11.2. The predicted molar refractivity (Wildman–Crippen MR) is 172 cm³/mol. The highest BCUT2D eigenvalue weighted by molar-refractivity contribution is 5.98. The van der Waals surface area contributed by atoms with Crippen LogP contribution in [0.2, 0.25) is 0 Å². The molecule has 3 aromatic rings. The van der Waals surface area contributed by atoms with Crippen LogP contribution in [0.25, 0.3) is 11.3 Å². The first kappa shape index (κ1) is 34.7. The van der Waals surface area contributed by atoms with Crippen LogP contribution in [0.3, 0.4) is 0 Å². The van der Waals surface area contributed by atoms with Gasteiger partial charge in [-0.2, -0.15) is 0 Å². The molecule has 2 fully saturated rings. The lowest BCUT2D eigenvalue weighted by Gasteiger charge is -2.41. The average molecular weight is 636 g/mol. The Morgan fingerprint density at radius 2 is 1.91 bits per heavy atom. The summed E-state index contributed by atoms with van der Waals surface area (Å²) in [7, 11) is 3.26. The van der Waals surface area contributed by atoms with Crippen molar-refractivity contribution in [3.63, 3.8) is 0 Å². The summed E-state index contributed by atoms with van der Waals surface area (Å²) in [6.45, 7) is 4.67. The van der Waals surface area contributed by atoms with Crippen molar-refractivity contribution in [1.82, 2.24) is 19.8 Å². The minimum absolute atomic E-state index is 0. The summed E-state index contributed by atoms with van der Waals surface area (Å²) in [5, 5.41) is 15.1. The third kappa shape index (κ3) is 7.64. The van der Waals surface area contributed by atoms with Gasteiger partial charge in [-0.3, -0.25) is 4.79 Å². The number of aromatic nitrogens is 2. The number of benzene rings is 2. The summed E-state index contributed by atoms with van der Waals surface area (Å²) in [4.78, 5) is 20.9. The van der Waals surface area contributed by atoms with E-state index in [-0.39, 0.29) is 49.4 Å². The molecule has 1 aromatic heterocycles. The van der Waals surface area contributed by atoms with Gasteiger partial charge in [0.2, 0.25) is 0 Å². The Balaban J connectivity index is 0.00000253. The fourth-order valence-electron chi connectivity index (χ4n) is 6.28. The zero-order valence-electron chi connectivity index (χ0n) is 25.2. The van der Waals surface area contributed by atoms with Crippen LogP contribution in [0.4, 0.5) is 0 Å². The maximum atomic E-state index is 14.2. The quantitative estimate of drug-likeness (QED) is 0.321. The molecule has 2 N–H and O–H groups in total. The maximum absolute atomic E-state index is 14.2. The van der Waals surface area contributed by atoms with Gasteiger partial charge in [0.15, 0.2) is 17.2 Å². The molecule has 11 heteroatoms. The van der Waals surface area contributed by atoms with Gasteiger partial charge in [0.25, 0.3) is 5.91 Å². The zero-order valence-corrected chi connectivity index (χ0v) is 26.8. The molecule has 1 saturated heterocycles. The Morgan fingerprint density at radius 3 is 2.65 bits per heavy atom. The number of aliphatic hydroxyl groups is 1. The Labute approximate surface area is 266 Å². The Hall–Kier alpha value is -2.82. The number of imidazole rings is 1. The van der Waals surface area contributed by atoms with Crippen LogP contribution in [0.5, 0.6) is 11.5 Å². The highest BCUT2D eigenvalue weighted by Gasteiger charge is 2.42. The van der Waals surface area contributed by atoms with Crippen LogP contribution in [0, 0.1) is 6.92 Å². The fraction of sp³-hybridized carbons (Fsp3) is 0.500. The highest BCUT2D eigenvalue weighted by Crippen LogP contribution is 2.41. The second kappa shape index (κ2) is 15.8. The number of piperazine rings is 1. The molecule has 1 aliphatic heterocycles. The number of nitrogens with one attached hydrogen (secondary N) is 1. The number of aryl methyl sites for hydroxylation is 1. The number of carbonyl (C=O) groups is 1. The lowest BCUT2D eigenvalue weighted by atomic mass is 9.80. The van der Waals surface area contributed by atoms with Crippen LogP contribution in [0.1, 0.15) is 54.2 Å². The number of rotatable bonds is 10. The molecule has 0 spiro atoms. The van der Waals surface area contributed by atoms with Gasteiger partial charge in [-0.1, -0.05) is 49.2 Å². The van der Waals surface area contributed by atoms with Crippen LogP contribution in [-0.4, -0.2) is 84.2 Å². The summed E-state index contributed by atoms with van der Waals surface area (Å²) >= 11 is 0. The van der Waals surface area contributed by atoms with E-state index < -0.39 is 5.60 Å². The van der Waals surface area contributed by atoms with Crippen molar-refractivity contribution in [1.29, 1.82) is 0 Å². The van der Waals surface area contributed by atoms with E-state index in [0.29, 0.717) is 56.3 Å². The lowest BCUT2D eigenvalue weighted by Crippen LogP contribution is -2.54. The van der Waals surface area contributed by atoms with Gasteiger partial charge >= 0.3 is 0 Å². The van der Waals surface area contributed by atoms with Gasteiger partial charge < -0.3 is 34.1 Å². The van der Waals surface area contributed by atoms with Crippen molar-refractivity contribution in [2.24, 2.45) is 0 Å². The van der Waals surface area contributed by atoms with E-state index in [1.807, 2.05) is 64.9 Å². The standard InChI is InChI=1S/C32H42N4O5.2ClH/c1-23-12-13-26(27(19-23)40-3)41-18-14-25-20-33-16-17-35(25)31(37)29-30(24-9-5-4-6-10-24)36(22-34-29)28-11-7-8-15-32(28,38)21-39-2;;/h4-6,9-10,12-13,19,22,25,28,33,38H,7-8,11,14-18,20-21H2,1-3H3;2*1H/t25-,28-,32-;;/m1../s1. The summed E-state index contributed by atoms with van der Waals surface area (Å²) in [5.41, 5.74) is 2.14. The van der Waals surface area contributed by atoms with E-state index in [1.165, 1.54) is 0 Å². The molecule has 1 saturated carbocycles. The van der Waals surface area contributed by atoms with Crippen molar-refractivity contribution in [2.75, 3.05) is 47.1 Å². The van der Waals surface area contributed by atoms with E-state index in [2.05, 4.69) is 5.32 Å². The molecular weight excluding hydrogens is 591 g/mol. The zero-order chi connectivity index (χ0) is 28.8. The first-order valence-corrected chi connectivity index (χ1v) is 14.6. The number of hydrogen-bond donors (Lipinski definition) is 2. The molecule has 2 aliphatic rings. The third-order valence-corrected chi connectivity index (χ3v) is 8.37. The van der Waals surface area contributed by atoms with Crippen molar-refractivity contribution >= 4 is 30.7 Å². The molecule has 1 amide bonds. The molecule has 5 rings (SSSR count). The second-order valence-electron chi connectivity index (χ2n) is 11.2. The van der Waals surface area contributed by atoms with Crippen LogP contribution < -0.4 is 14.8 Å². The van der Waals surface area contributed by atoms with Crippen LogP contribution in [0.15, 0.2) is 54.9 Å². The minimum atomic E-state index is -1.02. The number of carbonyl (C=O) groups excluding carboxylic acids is 1. The van der Waals surface area contributed by atoms with Gasteiger partial charge in [-0.25, -0.2) is 4.98 Å². The number of methoxy groups -OCH3 is 2. The number of halogens is 2. The van der Waals surface area contributed by atoms with Gasteiger partial charge in [0.1, 0.15) is 5.60 Å². The Bertz CT molecular complexity index is 1320. The molecule has 2 aromatic carbocycles. The van der Waals surface area contributed by atoms with Gasteiger partial charge in [-0.05, 0) is 37.5 Å². The molecule has 9 nitrogen and oxygen atoms in total. The Morgan fingerprint density at radius 1 is 1.12 bits per heavy atom. The summed E-state index contributed by atoms with van der Waals surface area (Å²) in [5.74, 6) is 1.29. The maximum Gasteiger partial charge on any atom is 0.275 e. The van der Waals surface area contributed by atoms with Gasteiger partial charge in [-0.15, -0.1) is 24.8 Å². The summed E-state index contributed by atoms with van der Waals surface area (Å²) < 4.78 is 19.0. The fourth-order valence-corrected chi connectivity index (χ4v) is 6.28. The number of amides is 1. The molecule has 0 bridgehead atoms.